The molecular weight excluding hydrogens is 383 g/mol. The number of likely N-dealkylation sites (tertiary alicyclic amines) is 1. The van der Waals surface area contributed by atoms with Gasteiger partial charge in [-0.3, -0.25) is 9.89 Å². The van der Waals surface area contributed by atoms with Crippen molar-refractivity contribution in [2.45, 2.75) is 57.9 Å². The van der Waals surface area contributed by atoms with Gasteiger partial charge in [-0.25, -0.2) is 9.37 Å². The number of benzene rings is 1. The lowest BCUT2D eigenvalue weighted by molar-refractivity contribution is 0.0564. The molecule has 3 aromatic rings. The predicted octanol–water partition coefficient (Wildman–Crippen LogP) is 4.84. The van der Waals surface area contributed by atoms with Gasteiger partial charge in [0.2, 0.25) is 5.89 Å². The molecule has 2 aromatic heterocycles. The third-order valence-electron chi connectivity index (χ3n) is 5.56. The molecule has 1 aliphatic heterocycles. The number of aromatic nitrogens is 3. The number of carbonyl (C=O) groups excluding carboxylic acids is 1. The Bertz CT molecular complexity index is 979. The minimum absolute atomic E-state index is 0.0861. The lowest BCUT2D eigenvalue weighted by Crippen LogP contribution is -2.38. The molecule has 1 fully saturated rings. The van der Waals surface area contributed by atoms with Crippen molar-refractivity contribution in [1.29, 1.82) is 0 Å². The minimum atomic E-state index is -0.260. The predicted molar refractivity (Wildman–Crippen MR) is 111 cm³/mol. The van der Waals surface area contributed by atoms with Crippen molar-refractivity contribution in [2.24, 2.45) is 0 Å². The lowest BCUT2D eigenvalue weighted by Gasteiger charge is -2.33. The molecular formula is C23H27FN4O2. The number of nitrogens with zero attached hydrogens (tertiary/aromatic N) is 3. The standard InChI is InChI=1S/C23H27FN4O2/c1-2-3-6-18-14-20(27-26-18)23(29)28-12-5-4-7-21(28)22-25-15-19(30-22)13-16-8-10-17(24)11-9-16/h8-11,14-15,21H,2-7,12-13H2,1H3,(H,26,27)/t21-/m0/s1. The maximum absolute atomic E-state index is 13.1. The average Bonchev–Trinajstić information content (AvgIpc) is 3.43. The molecule has 0 bridgehead atoms. The van der Waals surface area contributed by atoms with E-state index in [-0.39, 0.29) is 17.8 Å². The van der Waals surface area contributed by atoms with Gasteiger partial charge in [0.05, 0.1) is 6.20 Å². The Kier molecular flexibility index (Phi) is 6.26. The van der Waals surface area contributed by atoms with E-state index in [1.54, 1.807) is 18.3 Å². The van der Waals surface area contributed by atoms with Gasteiger partial charge in [0.25, 0.3) is 5.91 Å². The zero-order valence-corrected chi connectivity index (χ0v) is 17.2. The molecule has 0 saturated carbocycles. The summed E-state index contributed by atoms with van der Waals surface area (Å²) in [5, 5.41) is 7.23. The molecule has 1 amide bonds. The van der Waals surface area contributed by atoms with E-state index >= 15 is 0 Å². The number of oxazole rings is 1. The first-order valence-electron chi connectivity index (χ1n) is 10.7. The zero-order chi connectivity index (χ0) is 20.9. The van der Waals surface area contributed by atoms with E-state index in [1.807, 2.05) is 11.0 Å². The Balaban J connectivity index is 1.48. The number of piperidine rings is 1. The SMILES string of the molecule is CCCCc1cc(C(=O)N2CCCC[C@H]2c2ncc(Cc3ccc(F)cc3)o2)n[nH]1. The van der Waals surface area contributed by atoms with Crippen molar-refractivity contribution >= 4 is 5.91 Å². The van der Waals surface area contributed by atoms with Crippen LogP contribution in [-0.4, -0.2) is 32.5 Å². The number of nitrogens with one attached hydrogen (secondary N) is 1. The fourth-order valence-corrected chi connectivity index (χ4v) is 3.91. The maximum atomic E-state index is 13.1. The molecule has 0 aliphatic carbocycles. The molecule has 0 radical (unpaired) electrons. The smallest absolute Gasteiger partial charge is 0.275 e. The highest BCUT2D eigenvalue weighted by molar-refractivity contribution is 5.92. The second-order valence-corrected chi connectivity index (χ2v) is 7.86. The number of aryl methyl sites for hydroxylation is 1. The Morgan fingerprint density at radius 3 is 2.93 bits per heavy atom. The Hall–Kier alpha value is -2.96. The fourth-order valence-electron chi connectivity index (χ4n) is 3.91. The van der Waals surface area contributed by atoms with Gasteiger partial charge in [0.15, 0.2) is 0 Å². The highest BCUT2D eigenvalue weighted by Gasteiger charge is 2.33. The van der Waals surface area contributed by atoms with Gasteiger partial charge in [-0.05, 0) is 55.9 Å². The first kappa shape index (κ1) is 20.3. The van der Waals surface area contributed by atoms with Crippen LogP contribution in [0.1, 0.15) is 78.5 Å². The third-order valence-corrected chi connectivity index (χ3v) is 5.56. The molecule has 30 heavy (non-hydrogen) atoms. The van der Waals surface area contributed by atoms with Crippen LogP contribution in [0.2, 0.25) is 0 Å². The molecule has 1 atom stereocenters. The molecule has 1 aliphatic rings. The number of H-pyrrole nitrogens is 1. The monoisotopic (exact) mass is 410 g/mol. The molecule has 4 rings (SSSR count). The van der Waals surface area contributed by atoms with E-state index in [0.29, 0.717) is 30.3 Å². The molecule has 0 spiro atoms. The second kappa shape index (κ2) is 9.24. The number of hydrogen-bond acceptors (Lipinski definition) is 4. The second-order valence-electron chi connectivity index (χ2n) is 7.86. The van der Waals surface area contributed by atoms with Crippen molar-refractivity contribution in [1.82, 2.24) is 20.1 Å². The van der Waals surface area contributed by atoms with Crippen LogP contribution in [-0.2, 0) is 12.8 Å². The van der Waals surface area contributed by atoms with E-state index in [9.17, 15) is 9.18 Å². The van der Waals surface area contributed by atoms with Crippen LogP contribution in [0.4, 0.5) is 4.39 Å². The van der Waals surface area contributed by atoms with E-state index < -0.39 is 0 Å². The number of unbranched alkanes of at least 4 members (excludes halogenated alkanes) is 1. The molecule has 1 aromatic carbocycles. The molecule has 158 valence electrons. The maximum Gasteiger partial charge on any atom is 0.275 e. The van der Waals surface area contributed by atoms with Crippen LogP contribution in [0.3, 0.4) is 0 Å². The summed E-state index contributed by atoms with van der Waals surface area (Å²) in [6, 6.07) is 8.02. The first-order valence-corrected chi connectivity index (χ1v) is 10.7. The Morgan fingerprint density at radius 2 is 2.13 bits per heavy atom. The van der Waals surface area contributed by atoms with Gasteiger partial charge in [-0.2, -0.15) is 5.10 Å². The van der Waals surface area contributed by atoms with Crippen molar-refractivity contribution in [3.63, 3.8) is 0 Å². The van der Waals surface area contributed by atoms with Gasteiger partial charge < -0.3 is 9.32 Å². The summed E-state index contributed by atoms with van der Waals surface area (Å²) in [5.74, 6) is 0.916. The number of halogens is 1. The van der Waals surface area contributed by atoms with Crippen molar-refractivity contribution in [3.8, 4) is 0 Å². The van der Waals surface area contributed by atoms with Crippen molar-refractivity contribution in [3.05, 3.63) is 70.9 Å². The minimum Gasteiger partial charge on any atom is -0.443 e. The van der Waals surface area contributed by atoms with Gasteiger partial charge in [0, 0.05) is 18.7 Å². The number of amides is 1. The molecule has 1 N–H and O–H groups in total. The van der Waals surface area contributed by atoms with Gasteiger partial charge in [-0.15, -0.1) is 0 Å². The van der Waals surface area contributed by atoms with Crippen LogP contribution in [0.5, 0.6) is 0 Å². The van der Waals surface area contributed by atoms with Gasteiger partial charge in [0.1, 0.15) is 23.3 Å². The van der Waals surface area contributed by atoms with Gasteiger partial charge >= 0.3 is 0 Å². The normalized spacial score (nSPS) is 16.7. The molecule has 3 heterocycles. The summed E-state index contributed by atoms with van der Waals surface area (Å²) in [4.78, 5) is 19.4. The summed E-state index contributed by atoms with van der Waals surface area (Å²) in [6.07, 6.45) is 8.09. The first-order chi connectivity index (χ1) is 14.6. The Labute approximate surface area is 175 Å². The van der Waals surface area contributed by atoms with Crippen LogP contribution >= 0.6 is 0 Å². The van der Waals surface area contributed by atoms with Crippen molar-refractivity contribution in [2.75, 3.05) is 6.54 Å². The number of rotatable bonds is 7. The third kappa shape index (κ3) is 4.61. The summed E-state index contributed by atoms with van der Waals surface area (Å²) in [6.45, 7) is 2.80. The topological polar surface area (TPSA) is 75.0 Å². The van der Waals surface area contributed by atoms with E-state index in [0.717, 1.165) is 49.8 Å². The quantitative estimate of drug-likeness (QED) is 0.605. The zero-order valence-electron chi connectivity index (χ0n) is 17.2. The molecule has 6 nitrogen and oxygen atoms in total. The van der Waals surface area contributed by atoms with Crippen LogP contribution < -0.4 is 0 Å². The van der Waals surface area contributed by atoms with Crippen LogP contribution in [0.25, 0.3) is 0 Å². The lowest BCUT2D eigenvalue weighted by atomic mass is 10.0. The fraction of sp³-hybridized carbons (Fsp3) is 0.435. The Morgan fingerprint density at radius 1 is 1.30 bits per heavy atom. The van der Waals surface area contributed by atoms with E-state index in [4.69, 9.17) is 4.42 Å². The molecule has 7 heteroatoms. The molecule has 1 saturated heterocycles. The van der Waals surface area contributed by atoms with E-state index in [1.165, 1.54) is 12.1 Å². The summed E-state index contributed by atoms with van der Waals surface area (Å²) in [7, 11) is 0. The number of aromatic amines is 1. The van der Waals surface area contributed by atoms with E-state index in [2.05, 4.69) is 22.1 Å². The highest BCUT2D eigenvalue weighted by Crippen LogP contribution is 2.32. The number of hydrogen-bond donors (Lipinski definition) is 1. The highest BCUT2D eigenvalue weighted by atomic mass is 19.1. The van der Waals surface area contributed by atoms with Crippen LogP contribution in [0, 0.1) is 5.82 Å². The summed E-state index contributed by atoms with van der Waals surface area (Å²) < 4.78 is 19.1. The number of carbonyl (C=O) groups is 1. The largest absolute Gasteiger partial charge is 0.443 e. The van der Waals surface area contributed by atoms with Crippen LogP contribution in [0.15, 0.2) is 40.9 Å². The summed E-state index contributed by atoms with van der Waals surface area (Å²) >= 11 is 0. The average molecular weight is 410 g/mol. The van der Waals surface area contributed by atoms with Gasteiger partial charge in [-0.1, -0.05) is 25.5 Å². The molecule has 0 unspecified atom stereocenters. The van der Waals surface area contributed by atoms with Crippen molar-refractivity contribution < 1.29 is 13.6 Å². The summed E-state index contributed by atoms with van der Waals surface area (Å²) in [5.41, 5.74) is 2.39.